The van der Waals surface area contributed by atoms with E-state index in [2.05, 4.69) is 20.9 Å². The Hall–Kier alpha value is -2.74. The van der Waals surface area contributed by atoms with E-state index < -0.39 is 15.6 Å². The smallest absolute Gasteiger partial charge is 0.341 e. The van der Waals surface area contributed by atoms with Crippen LogP contribution in [0.15, 0.2) is 65.8 Å². The van der Waals surface area contributed by atoms with E-state index in [1.54, 1.807) is 6.20 Å². The maximum Gasteiger partial charge on any atom is 0.341 e. The van der Waals surface area contributed by atoms with Crippen molar-refractivity contribution in [2.45, 2.75) is 30.7 Å². The molecule has 0 aliphatic rings. The minimum absolute atomic E-state index is 0.388. The van der Waals surface area contributed by atoms with E-state index in [0.717, 1.165) is 23.5 Å². The first-order valence-corrected chi connectivity index (χ1v) is 9.82. The summed E-state index contributed by atoms with van der Waals surface area (Å²) in [6.45, 7) is 3.20. The van der Waals surface area contributed by atoms with Gasteiger partial charge in [-0.15, -0.1) is 0 Å². The number of rotatable bonds is 7. The number of nitrogens with one attached hydrogen (secondary N) is 1. The molecule has 0 radical (unpaired) electrons. The minimum Gasteiger partial charge on any atom is -0.381 e. The quantitative estimate of drug-likeness (QED) is 0.665. The van der Waals surface area contributed by atoms with Gasteiger partial charge in [-0.05, 0) is 42.3 Å². The Morgan fingerprint density at radius 1 is 1.11 bits per heavy atom. The molecule has 1 aromatic heterocycles. The fourth-order valence-corrected chi connectivity index (χ4v) is 3.40. The van der Waals surface area contributed by atoms with E-state index in [1.807, 2.05) is 31.3 Å². The number of hydrogen-bond donors (Lipinski definition) is 1. The van der Waals surface area contributed by atoms with E-state index in [9.17, 15) is 17.2 Å². The Morgan fingerprint density at radius 3 is 2.44 bits per heavy atom. The molecule has 1 N–H and O–H groups in total. The lowest BCUT2D eigenvalue weighted by Crippen LogP contribution is -2.11. The van der Waals surface area contributed by atoms with Crippen molar-refractivity contribution in [3.05, 3.63) is 77.9 Å². The molecule has 0 atom stereocenters. The molecule has 3 aromatic rings. The van der Waals surface area contributed by atoms with Crippen LogP contribution in [0.25, 0.3) is 0 Å². The summed E-state index contributed by atoms with van der Waals surface area (Å²) in [5.74, 6) is -2.48. The predicted molar refractivity (Wildman–Crippen MR) is 99.5 cm³/mol. The average Bonchev–Trinajstić information content (AvgIpc) is 3.05. The van der Waals surface area contributed by atoms with E-state index in [4.69, 9.17) is 0 Å². The molecule has 0 fully saturated rings. The van der Waals surface area contributed by atoms with E-state index >= 15 is 0 Å². The number of sulfone groups is 1. The van der Waals surface area contributed by atoms with Gasteiger partial charge in [0.15, 0.2) is 0 Å². The number of alkyl halides is 2. The molecule has 0 saturated heterocycles. The number of aromatic nitrogens is 2. The number of imidazole rings is 1. The molecule has 142 valence electrons. The van der Waals surface area contributed by atoms with Gasteiger partial charge in [0.2, 0.25) is 9.84 Å². The number of nitrogens with zero attached hydrogens (tertiary/aromatic N) is 2. The topological polar surface area (TPSA) is 64.0 Å². The summed E-state index contributed by atoms with van der Waals surface area (Å²) < 4.78 is 50.0. The normalized spacial score (nSPS) is 11.7. The van der Waals surface area contributed by atoms with Crippen LogP contribution in [0.3, 0.4) is 0 Å². The van der Waals surface area contributed by atoms with E-state index in [0.29, 0.717) is 12.2 Å². The zero-order chi connectivity index (χ0) is 19.4. The summed E-state index contributed by atoms with van der Waals surface area (Å²) in [4.78, 5) is 3.82. The van der Waals surface area contributed by atoms with Gasteiger partial charge in [0.1, 0.15) is 5.82 Å². The van der Waals surface area contributed by atoms with Crippen LogP contribution < -0.4 is 5.32 Å². The number of halogens is 2. The summed E-state index contributed by atoms with van der Waals surface area (Å²) in [6, 6.07) is 13.4. The van der Waals surface area contributed by atoms with Crippen molar-refractivity contribution in [1.82, 2.24) is 9.55 Å². The molecular weight excluding hydrogens is 372 g/mol. The van der Waals surface area contributed by atoms with Crippen LogP contribution in [0, 0.1) is 6.92 Å². The van der Waals surface area contributed by atoms with Crippen LogP contribution in [0.2, 0.25) is 0 Å². The highest BCUT2D eigenvalue weighted by atomic mass is 32.2. The molecule has 27 heavy (non-hydrogen) atoms. The van der Waals surface area contributed by atoms with Gasteiger partial charge in [0.05, 0.1) is 4.90 Å². The van der Waals surface area contributed by atoms with Crippen molar-refractivity contribution in [3.63, 3.8) is 0 Å². The Balaban J connectivity index is 1.65. The molecule has 2 aromatic carbocycles. The van der Waals surface area contributed by atoms with Gasteiger partial charge in [-0.3, -0.25) is 0 Å². The third kappa shape index (κ3) is 4.51. The van der Waals surface area contributed by atoms with E-state index in [1.165, 1.54) is 24.3 Å². The highest BCUT2D eigenvalue weighted by Crippen LogP contribution is 2.20. The highest BCUT2D eigenvalue weighted by Gasteiger charge is 2.26. The first-order valence-electron chi connectivity index (χ1n) is 8.28. The lowest BCUT2D eigenvalue weighted by atomic mass is 10.1. The molecule has 0 aliphatic carbocycles. The van der Waals surface area contributed by atoms with Crippen molar-refractivity contribution in [2.24, 2.45) is 0 Å². The minimum atomic E-state index is -4.56. The van der Waals surface area contributed by atoms with Crippen LogP contribution in [0.4, 0.5) is 14.5 Å². The number of hydrogen-bond acceptors (Lipinski definition) is 4. The lowest BCUT2D eigenvalue weighted by Gasteiger charge is -2.10. The van der Waals surface area contributed by atoms with Gasteiger partial charge in [-0.1, -0.05) is 24.3 Å². The molecule has 0 unspecified atom stereocenters. The molecule has 0 saturated carbocycles. The van der Waals surface area contributed by atoms with Gasteiger partial charge in [-0.25, -0.2) is 13.4 Å². The average molecular weight is 391 g/mol. The van der Waals surface area contributed by atoms with E-state index in [-0.39, 0.29) is 4.90 Å². The molecule has 8 heteroatoms. The fraction of sp³-hybridized carbons (Fsp3) is 0.211. The maximum absolute atomic E-state index is 12.6. The maximum atomic E-state index is 12.6. The summed E-state index contributed by atoms with van der Waals surface area (Å²) >= 11 is 0. The monoisotopic (exact) mass is 391 g/mol. The largest absolute Gasteiger partial charge is 0.381 e. The van der Waals surface area contributed by atoms with Crippen LogP contribution in [0.5, 0.6) is 0 Å². The third-order valence-corrected chi connectivity index (χ3v) is 5.58. The Morgan fingerprint density at radius 2 is 1.81 bits per heavy atom. The van der Waals surface area contributed by atoms with Crippen molar-refractivity contribution in [3.8, 4) is 0 Å². The number of anilines is 1. The fourth-order valence-electron chi connectivity index (χ4n) is 2.67. The van der Waals surface area contributed by atoms with Crippen molar-refractivity contribution in [1.29, 1.82) is 0 Å². The SMILES string of the molecule is Cc1nccn1Cc1cccc(CNc2ccc(S(=O)(=O)C(F)F)cc2)c1. The highest BCUT2D eigenvalue weighted by molar-refractivity contribution is 7.91. The van der Waals surface area contributed by atoms with Gasteiger partial charge in [-0.2, -0.15) is 8.78 Å². The summed E-state index contributed by atoms with van der Waals surface area (Å²) in [7, 11) is -4.56. The Bertz CT molecular complexity index is 1020. The molecule has 0 aliphatic heterocycles. The van der Waals surface area contributed by atoms with Crippen molar-refractivity contribution in [2.75, 3.05) is 5.32 Å². The molecular formula is C19H19F2N3O2S. The summed E-state index contributed by atoms with van der Waals surface area (Å²) in [6.07, 6.45) is 3.69. The van der Waals surface area contributed by atoms with Gasteiger partial charge in [0, 0.05) is 31.2 Å². The third-order valence-electron chi connectivity index (χ3n) is 4.18. The zero-order valence-corrected chi connectivity index (χ0v) is 15.5. The second-order valence-electron chi connectivity index (χ2n) is 6.11. The first-order chi connectivity index (χ1) is 12.9. The predicted octanol–water partition coefficient (Wildman–Crippen LogP) is 3.85. The van der Waals surface area contributed by atoms with Gasteiger partial charge < -0.3 is 9.88 Å². The Kier molecular flexibility index (Phi) is 5.55. The Labute approximate surface area is 156 Å². The van der Waals surface area contributed by atoms with Crippen molar-refractivity contribution >= 4 is 15.5 Å². The van der Waals surface area contributed by atoms with Crippen LogP contribution in [-0.4, -0.2) is 23.7 Å². The number of aryl methyl sites for hydroxylation is 1. The van der Waals surface area contributed by atoms with Gasteiger partial charge >= 0.3 is 5.76 Å². The number of benzene rings is 2. The van der Waals surface area contributed by atoms with Crippen LogP contribution >= 0.6 is 0 Å². The zero-order valence-electron chi connectivity index (χ0n) is 14.6. The van der Waals surface area contributed by atoms with Gasteiger partial charge in [0.25, 0.3) is 0 Å². The standard InChI is InChI=1S/C19H19F2N3O2S/c1-14-22-9-10-24(14)13-16-4-2-3-15(11-16)12-23-17-5-7-18(8-6-17)27(25,26)19(20)21/h2-11,19,23H,12-13H2,1H3. The second kappa shape index (κ2) is 7.87. The lowest BCUT2D eigenvalue weighted by molar-refractivity contribution is 0.234. The second-order valence-corrected chi connectivity index (χ2v) is 8.02. The summed E-state index contributed by atoms with van der Waals surface area (Å²) in [5.41, 5.74) is 2.84. The molecule has 5 nitrogen and oxygen atoms in total. The molecule has 1 heterocycles. The molecule has 0 spiro atoms. The van der Waals surface area contributed by atoms with Crippen molar-refractivity contribution < 1.29 is 17.2 Å². The first kappa shape index (κ1) is 19.0. The molecule has 0 bridgehead atoms. The summed E-state index contributed by atoms with van der Waals surface area (Å²) in [5, 5.41) is 3.16. The molecule has 3 rings (SSSR count). The molecule has 0 amide bonds. The van der Waals surface area contributed by atoms with Crippen LogP contribution in [-0.2, 0) is 22.9 Å². The van der Waals surface area contributed by atoms with Crippen LogP contribution in [0.1, 0.15) is 17.0 Å².